The molecule has 1 aromatic rings. The van der Waals surface area contributed by atoms with Gasteiger partial charge < -0.3 is 5.32 Å². The Hall–Kier alpha value is -0.830. The summed E-state index contributed by atoms with van der Waals surface area (Å²) in [5.74, 6) is 0.722. The molecule has 84 valence electrons. The average Bonchev–Trinajstić information content (AvgIpc) is 2.18. The molecule has 0 aliphatic rings. The molecule has 0 aromatic heterocycles. The Morgan fingerprint density at radius 1 is 1.27 bits per heavy atom. The minimum absolute atomic E-state index is 0.722. The highest BCUT2D eigenvalue weighted by Gasteiger charge is 1.98. The van der Waals surface area contributed by atoms with Crippen molar-refractivity contribution in [1.82, 2.24) is 0 Å². The first-order chi connectivity index (χ1) is 7.09. The number of nitrogens with one attached hydrogen (secondary N) is 1. The third-order valence-corrected chi connectivity index (χ3v) is 3.17. The third-order valence-electron chi connectivity index (χ3n) is 2.24. The van der Waals surface area contributed by atoms with E-state index in [0.29, 0.717) is 0 Å². The maximum Gasteiger partial charge on any atom is 0.0498 e. The van der Waals surface area contributed by atoms with Crippen molar-refractivity contribution in [2.75, 3.05) is 18.1 Å². The fourth-order valence-corrected chi connectivity index (χ4v) is 1.79. The number of hydrogen-bond acceptors (Lipinski definition) is 2. The SMILES string of the molecule is CC(C)CCNc1ccc([S@@](C)=O)cc1. The van der Waals surface area contributed by atoms with Crippen molar-refractivity contribution in [3.05, 3.63) is 24.3 Å². The summed E-state index contributed by atoms with van der Waals surface area (Å²) in [6.07, 6.45) is 2.86. The van der Waals surface area contributed by atoms with Crippen molar-refractivity contribution >= 4 is 16.5 Å². The molecular weight excluding hydrogens is 206 g/mol. The average molecular weight is 225 g/mol. The zero-order valence-electron chi connectivity index (χ0n) is 9.62. The molecule has 0 aliphatic heterocycles. The van der Waals surface area contributed by atoms with Gasteiger partial charge in [0.05, 0.1) is 0 Å². The van der Waals surface area contributed by atoms with Crippen molar-refractivity contribution in [2.24, 2.45) is 5.92 Å². The van der Waals surface area contributed by atoms with E-state index in [9.17, 15) is 4.21 Å². The summed E-state index contributed by atoms with van der Waals surface area (Å²) in [5, 5.41) is 3.34. The highest BCUT2D eigenvalue weighted by Crippen LogP contribution is 2.12. The molecule has 15 heavy (non-hydrogen) atoms. The van der Waals surface area contributed by atoms with Gasteiger partial charge in [-0.25, -0.2) is 0 Å². The van der Waals surface area contributed by atoms with Crippen molar-refractivity contribution in [2.45, 2.75) is 25.2 Å². The molecule has 0 spiro atoms. The standard InChI is InChI=1S/C12H19NOS/c1-10(2)8-9-13-11-4-6-12(7-5-11)15(3)14/h4-7,10,13H,8-9H2,1-3H3/t15-/m1/s1. The van der Waals surface area contributed by atoms with Gasteiger partial charge in [0.1, 0.15) is 0 Å². The molecule has 1 rings (SSSR count). The molecule has 0 radical (unpaired) electrons. The summed E-state index contributed by atoms with van der Waals surface area (Å²) in [7, 11) is -0.878. The van der Waals surface area contributed by atoms with Gasteiger partial charge in [0, 0.05) is 34.2 Å². The molecule has 0 heterocycles. The van der Waals surface area contributed by atoms with Gasteiger partial charge in [-0.3, -0.25) is 4.21 Å². The van der Waals surface area contributed by atoms with Crippen LogP contribution in [-0.2, 0) is 10.8 Å². The highest BCUT2D eigenvalue weighted by molar-refractivity contribution is 7.84. The lowest BCUT2D eigenvalue weighted by Crippen LogP contribution is -2.04. The molecule has 1 N–H and O–H groups in total. The van der Waals surface area contributed by atoms with Crippen LogP contribution in [0.25, 0.3) is 0 Å². The Labute approximate surface area is 94.5 Å². The Kier molecular flexibility index (Phi) is 4.82. The van der Waals surface area contributed by atoms with Crippen LogP contribution in [0.5, 0.6) is 0 Å². The lowest BCUT2D eigenvalue weighted by atomic mass is 10.1. The van der Waals surface area contributed by atoms with E-state index >= 15 is 0 Å². The van der Waals surface area contributed by atoms with Crippen LogP contribution in [0.1, 0.15) is 20.3 Å². The van der Waals surface area contributed by atoms with Gasteiger partial charge in [0.15, 0.2) is 0 Å². The fraction of sp³-hybridized carbons (Fsp3) is 0.500. The molecule has 0 unspecified atom stereocenters. The Bertz CT molecular complexity index is 319. The zero-order chi connectivity index (χ0) is 11.3. The highest BCUT2D eigenvalue weighted by atomic mass is 32.2. The second-order valence-electron chi connectivity index (χ2n) is 4.09. The van der Waals surface area contributed by atoms with E-state index in [-0.39, 0.29) is 0 Å². The van der Waals surface area contributed by atoms with Gasteiger partial charge in [-0.2, -0.15) is 0 Å². The van der Waals surface area contributed by atoms with Crippen LogP contribution in [0.15, 0.2) is 29.2 Å². The molecule has 0 bridgehead atoms. The van der Waals surface area contributed by atoms with Crippen LogP contribution >= 0.6 is 0 Å². The smallest absolute Gasteiger partial charge is 0.0498 e. The normalized spacial score (nSPS) is 12.8. The van der Waals surface area contributed by atoms with Crippen LogP contribution in [-0.4, -0.2) is 17.0 Å². The Morgan fingerprint density at radius 2 is 1.87 bits per heavy atom. The lowest BCUT2D eigenvalue weighted by Gasteiger charge is -2.08. The van der Waals surface area contributed by atoms with E-state index in [1.54, 1.807) is 6.26 Å². The van der Waals surface area contributed by atoms with Crippen molar-refractivity contribution < 1.29 is 4.21 Å². The molecule has 1 atom stereocenters. The molecule has 0 aliphatic carbocycles. The summed E-state index contributed by atoms with van der Waals surface area (Å²) in [6, 6.07) is 7.79. The van der Waals surface area contributed by atoms with Gasteiger partial charge in [0.25, 0.3) is 0 Å². The number of rotatable bonds is 5. The predicted molar refractivity (Wildman–Crippen MR) is 66.7 cm³/mol. The van der Waals surface area contributed by atoms with Crippen molar-refractivity contribution in [3.63, 3.8) is 0 Å². The minimum Gasteiger partial charge on any atom is -0.385 e. The van der Waals surface area contributed by atoms with E-state index in [4.69, 9.17) is 0 Å². The van der Waals surface area contributed by atoms with E-state index in [1.165, 1.54) is 6.42 Å². The second kappa shape index (κ2) is 5.91. The van der Waals surface area contributed by atoms with Crippen LogP contribution in [0.4, 0.5) is 5.69 Å². The van der Waals surface area contributed by atoms with Crippen LogP contribution in [0, 0.1) is 5.92 Å². The first-order valence-corrected chi connectivity index (χ1v) is 6.82. The summed E-state index contributed by atoms with van der Waals surface area (Å²) < 4.78 is 11.2. The molecule has 2 nitrogen and oxygen atoms in total. The summed E-state index contributed by atoms with van der Waals surface area (Å²) in [6.45, 7) is 5.42. The number of anilines is 1. The van der Waals surface area contributed by atoms with Crippen LogP contribution in [0.2, 0.25) is 0 Å². The van der Waals surface area contributed by atoms with Gasteiger partial charge in [-0.05, 0) is 36.6 Å². The quantitative estimate of drug-likeness (QED) is 0.835. The zero-order valence-corrected chi connectivity index (χ0v) is 10.4. The molecule has 3 heteroatoms. The van der Waals surface area contributed by atoms with Gasteiger partial charge in [0.2, 0.25) is 0 Å². The fourth-order valence-electron chi connectivity index (χ4n) is 1.27. The van der Waals surface area contributed by atoms with Gasteiger partial charge >= 0.3 is 0 Å². The molecule has 0 amide bonds. The first kappa shape index (κ1) is 12.2. The summed E-state index contributed by atoms with van der Waals surface area (Å²) in [5.41, 5.74) is 1.10. The van der Waals surface area contributed by atoms with E-state index in [2.05, 4.69) is 19.2 Å². The molecule has 0 saturated heterocycles. The monoisotopic (exact) mass is 225 g/mol. The first-order valence-electron chi connectivity index (χ1n) is 5.27. The molecule has 0 saturated carbocycles. The maximum absolute atomic E-state index is 11.2. The predicted octanol–water partition coefficient (Wildman–Crippen LogP) is 2.88. The Balaban J connectivity index is 2.46. The van der Waals surface area contributed by atoms with Crippen LogP contribution < -0.4 is 5.32 Å². The Morgan fingerprint density at radius 3 is 2.33 bits per heavy atom. The van der Waals surface area contributed by atoms with E-state index in [0.717, 1.165) is 23.0 Å². The van der Waals surface area contributed by atoms with Gasteiger partial charge in [-0.15, -0.1) is 0 Å². The molecule has 0 fully saturated rings. The molecular formula is C12H19NOS. The lowest BCUT2D eigenvalue weighted by molar-refractivity contribution is 0.607. The van der Waals surface area contributed by atoms with Crippen molar-refractivity contribution in [1.29, 1.82) is 0 Å². The number of benzene rings is 1. The van der Waals surface area contributed by atoms with Crippen LogP contribution in [0.3, 0.4) is 0 Å². The number of hydrogen-bond donors (Lipinski definition) is 1. The summed E-state index contributed by atoms with van der Waals surface area (Å²) in [4.78, 5) is 0.879. The minimum atomic E-state index is -0.878. The van der Waals surface area contributed by atoms with Gasteiger partial charge in [-0.1, -0.05) is 13.8 Å². The van der Waals surface area contributed by atoms with E-state index in [1.807, 2.05) is 24.3 Å². The van der Waals surface area contributed by atoms with E-state index < -0.39 is 10.8 Å². The summed E-state index contributed by atoms with van der Waals surface area (Å²) >= 11 is 0. The molecule has 1 aromatic carbocycles. The second-order valence-corrected chi connectivity index (χ2v) is 5.47. The van der Waals surface area contributed by atoms with Crippen molar-refractivity contribution in [3.8, 4) is 0 Å². The maximum atomic E-state index is 11.2. The largest absolute Gasteiger partial charge is 0.385 e. The topological polar surface area (TPSA) is 29.1 Å². The third kappa shape index (κ3) is 4.47.